The standard InChI is InChI=1S/C13H24N2OS/c1-5-16-11-6-10(13(11,3)4)15-12-14-7-9(2)8-17-12/h9-11H,5-8H2,1-4H3,(H,14,15). The SMILES string of the molecule is CCOC1CC(NC2=NCC(C)CS2)C1(C)C. The molecular formula is C13H24N2OS. The van der Waals surface area contributed by atoms with Crippen LogP contribution in [0.25, 0.3) is 0 Å². The molecule has 0 aromatic carbocycles. The Morgan fingerprint density at radius 2 is 2.29 bits per heavy atom. The first-order valence-electron chi connectivity index (χ1n) is 6.59. The zero-order chi connectivity index (χ0) is 12.5. The molecule has 0 saturated heterocycles. The maximum absolute atomic E-state index is 5.74. The topological polar surface area (TPSA) is 33.6 Å². The molecule has 0 radical (unpaired) electrons. The number of thioether (sulfide) groups is 1. The van der Waals surface area contributed by atoms with Crippen molar-refractivity contribution in [2.45, 2.75) is 46.3 Å². The second kappa shape index (κ2) is 5.19. The average Bonchev–Trinajstić information content (AvgIpc) is 2.30. The van der Waals surface area contributed by atoms with E-state index in [9.17, 15) is 0 Å². The number of ether oxygens (including phenoxy) is 1. The van der Waals surface area contributed by atoms with Gasteiger partial charge in [0.15, 0.2) is 5.17 Å². The monoisotopic (exact) mass is 256 g/mol. The third-order valence-electron chi connectivity index (χ3n) is 3.89. The van der Waals surface area contributed by atoms with Gasteiger partial charge < -0.3 is 10.1 Å². The summed E-state index contributed by atoms with van der Waals surface area (Å²) in [5.74, 6) is 1.91. The number of aliphatic imine (C=N–C) groups is 1. The predicted octanol–water partition coefficient (Wildman–Crippen LogP) is 2.52. The summed E-state index contributed by atoms with van der Waals surface area (Å²) in [4.78, 5) is 4.60. The third-order valence-corrected chi connectivity index (χ3v) is 5.15. The van der Waals surface area contributed by atoms with Crippen molar-refractivity contribution in [3.05, 3.63) is 0 Å². The lowest BCUT2D eigenvalue weighted by molar-refractivity contribution is -0.109. The first-order chi connectivity index (χ1) is 8.04. The van der Waals surface area contributed by atoms with E-state index >= 15 is 0 Å². The summed E-state index contributed by atoms with van der Waals surface area (Å²) in [6.45, 7) is 10.7. The summed E-state index contributed by atoms with van der Waals surface area (Å²) >= 11 is 1.86. The van der Waals surface area contributed by atoms with Gasteiger partial charge in [0.1, 0.15) is 0 Å². The zero-order valence-electron chi connectivity index (χ0n) is 11.3. The van der Waals surface area contributed by atoms with Gasteiger partial charge in [-0.2, -0.15) is 0 Å². The molecule has 1 N–H and O–H groups in total. The van der Waals surface area contributed by atoms with Crippen LogP contribution in [0.2, 0.25) is 0 Å². The van der Waals surface area contributed by atoms with E-state index < -0.39 is 0 Å². The molecule has 1 aliphatic heterocycles. The number of nitrogens with zero attached hydrogens (tertiary/aromatic N) is 1. The molecular weight excluding hydrogens is 232 g/mol. The van der Waals surface area contributed by atoms with Gasteiger partial charge in [0, 0.05) is 30.4 Å². The second-order valence-corrected chi connectivity index (χ2v) is 6.77. The smallest absolute Gasteiger partial charge is 0.156 e. The van der Waals surface area contributed by atoms with Gasteiger partial charge in [0.05, 0.1) is 6.10 Å². The quantitative estimate of drug-likeness (QED) is 0.842. The van der Waals surface area contributed by atoms with Crippen LogP contribution < -0.4 is 5.32 Å². The minimum absolute atomic E-state index is 0.224. The van der Waals surface area contributed by atoms with Crippen molar-refractivity contribution in [2.24, 2.45) is 16.3 Å². The largest absolute Gasteiger partial charge is 0.378 e. The predicted molar refractivity (Wildman–Crippen MR) is 74.7 cm³/mol. The van der Waals surface area contributed by atoms with E-state index in [2.05, 4.69) is 38.0 Å². The number of nitrogens with one attached hydrogen (secondary N) is 1. The summed E-state index contributed by atoms with van der Waals surface area (Å²) in [7, 11) is 0. The molecule has 0 spiro atoms. The van der Waals surface area contributed by atoms with E-state index in [1.54, 1.807) is 0 Å². The normalized spacial score (nSPS) is 36.0. The van der Waals surface area contributed by atoms with E-state index in [-0.39, 0.29) is 5.41 Å². The van der Waals surface area contributed by atoms with Crippen LogP contribution in [-0.2, 0) is 4.74 Å². The molecule has 1 heterocycles. The third kappa shape index (κ3) is 2.79. The number of rotatable bonds is 3. The lowest BCUT2D eigenvalue weighted by Crippen LogP contribution is -2.61. The van der Waals surface area contributed by atoms with Gasteiger partial charge in [-0.25, -0.2) is 0 Å². The average molecular weight is 256 g/mol. The van der Waals surface area contributed by atoms with Crippen LogP contribution in [0.1, 0.15) is 34.1 Å². The summed E-state index contributed by atoms with van der Waals surface area (Å²) in [5.41, 5.74) is 0.224. The second-order valence-electron chi connectivity index (χ2n) is 5.76. The number of hydrogen-bond acceptors (Lipinski definition) is 4. The van der Waals surface area contributed by atoms with Gasteiger partial charge in [0.2, 0.25) is 0 Å². The molecule has 3 nitrogen and oxygen atoms in total. The molecule has 1 aliphatic carbocycles. The maximum Gasteiger partial charge on any atom is 0.156 e. The lowest BCUT2D eigenvalue weighted by atomic mass is 9.64. The van der Waals surface area contributed by atoms with Crippen LogP contribution in [0, 0.1) is 11.3 Å². The minimum Gasteiger partial charge on any atom is -0.378 e. The van der Waals surface area contributed by atoms with Crippen molar-refractivity contribution in [1.82, 2.24) is 5.32 Å². The molecule has 2 aliphatic rings. The summed E-state index contributed by atoms with van der Waals surface area (Å²) in [6.07, 6.45) is 1.51. The molecule has 0 amide bonds. The Morgan fingerprint density at radius 3 is 2.82 bits per heavy atom. The fourth-order valence-electron chi connectivity index (χ4n) is 2.41. The summed E-state index contributed by atoms with van der Waals surface area (Å²) in [6, 6.07) is 0.513. The van der Waals surface area contributed by atoms with Crippen LogP contribution in [0.15, 0.2) is 4.99 Å². The Balaban J connectivity index is 1.85. The van der Waals surface area contributed by atoms with Crippen molar-refractivity contribution >= 4 is 16.9 Å². The van der Waals surface area contributed by atoms with Crippen molar-refractivity contribution in [3.63, 3.8) is 0 Å². The Bertz CT molecular complexity index is 304. The molecule has 0 aromatic heterocycles. The van der Waals surface area contributed by atoms with Gasteiger partial charge in [-0.1, -0.05) is 32.5 Å². The number of hydrogen-bond donors (Lipinski definition) is 1. The fourth-order valence-corrected chi connectivity index (χ4v) is 3.35. The van der Waals surface area contributed by atoms with Crippen molar-refractivity contribution in [1.29, 1.82) is 0 Å². The first kappa shape index (κ1) is 13.2. The van der Waals surface area contributed by atoms with Crippen molar-refractivity contribution < 1.29 is 4.74 Å². The van der Waals surface area contributed by atoms with Crippen LogP contribution in [-0.4, -0.2) is 36.2 Å². The summed E-state index contributed by atoms with van der Waals surface area (Å²) in [5, 5.41) is 4.72. The molecule has 0 bridgehead atoms. The van der Waals surface area contributed by atoms with Gasteiger partial charge in [-0.3, -0.25) is 4.99 Å². The highest BCUT2D eigenvalue weighted by molar-refractivity contribution is 8.13. The van der Waals surface area contributed by atoms with Gasteiger partial charge in [-0.05, 0) is 19.3 Å². The highest BCUT2D eigenvalue weighted by Crippen LogP contribution is 2.43. The van der Waals surface area contributed by atoms with Crippen LogP contribution in [0.3, 0.4) is 0 Å². The highest BCUT2D eigenvalue weighted by Gasteiger charge is 2.49. The molecule has 17 heavy (non-hydrogen) atoms. The van der Waals surface area contributed by atoms with Gasteiger partial charge in [0.25, 0.3) is 0 Å². The Labute approximate surface area is 109 Å². The fraction of sp³-hybridized carbons (Fsp3) is 0.923. The van der Waals surface area contributed by atoms with E-state index in [4.69, 9.17) is 4.74 Å². The van der Waals surface area contributed by atoms with E-state index in [0.29, 0.717) is 12.1 Å². The Morgan fingerprint density at radius 1 is 1.53 bits per heavy atom. The molecule has 3 atom stereocenters. The summed E-state index contributed by atoms with van der Waals surface area (Å²) < 4.78 is 5.74. The molecule has 0 aromatic rings. The zero-order valence-corrected chi connectivity index (χ0v) is 12.1. The molecule has 98 valence electrons. The van der Waals surface area contributed by atoms with Crippen LogP contribution in [0.4, 0.5) is 0 Å². The molecule has 2 rings (SSSR count). The molecule has 1 saturated carbocycles. The van der Waals surface area contributed by atoms with E-state index in [0.717, 1.165) is 30.7 Å². The van der Waals surface area contributed by atoms with E-state index in [1.807, 2.05) is 11.8 Å². The minimum atomic E-state index is 0.224. The highest BCUT2D eigenvalue weighted by atomic mass is 32.2. The molecule has 4 heteroatoms. The molecule has 3 unspecified atom stereocenters. The van der Waals surface area contributed by atoms with Crippen molar-refractivity contribution in [2.75, 3.05) is 18.9 Å². The van der Waals surface area contributed by atoms with Gasteiger partial charge >= 0.3 is 0 Å². The van der Waals surface area contributed by atoms with Crippen LogP contribution >= 0.6 is 11.8 Å². The number of amidine groups is 1. The van der Waals surface area contributed by atoms with Crippen molar-refractivity contribution in [3.8, 4) is 0 Å². The first-order valence-corrected chi connectivity index (χ1v) is 7.58. The molecule has 1 fully saturated rings. The van der Waals surface area contributed by atoms with Gasteiger partial charge in [-0.15, -0.1) is 0 Å². The maximum atomic E-state index is 5.74. The Hall–Kier alpha value is -0.220. The Kier molecular flexibility index (Phi) is 4.03. The van der Waals surface area contributed by atoms with Crippen LogP contribution in [0.5, 0.6) is 0 Å². The lowest BCUT2D eigenvalue weighted by Gasteiger charge is -2.52. The van der Waals surface area contributed by atoms with E-state index in [1.165, 1.54) is 5.75 Å².